The Kier molecular flexibility index (Phi) is 6.66. The van der Waals surface area contributed by atoms with Crippen LogP contribution in [0.3, 0.4) is 0 Å². The van der Waals surface area contributed by atoms with E-state index in [9.17, 15) is 23.1 Å². The molecule has 0 radical (unpaired) electrons. The second-order valence-corrected chi connectivity index (χ2v) is 5.95. The number of carboxylic acids is 1. The lowest BCUT2D eigenvalue weighted by Crippen LogP contribution is -2.36. The van der Waals surface area contributed by atoms with Crippen LogP contribution < -0.4 is 0 Å². The average Bonchev–Trinajstić information content (AvgIpc) is 2.59. The van der Waals surface area contributed by atoms with Gasteiger partial charge in [0.2, 0.25) is 12.0 Å². The van der Waals surface area contributed by atoms with Crippen LogP contribution in [-0.2, 0) is 20.4 Å². The Morgan fingerprint density at radius 3 is 2.42 bits per heavy atom. The first kappa shape index (κ1) is 20.3. The van der Waals surface area contributed by atoms with Crippen molar-refractivity contribution in [1.82, 2.24) is 0 Å². The highest BCUT2D eigenvalue weighted by atomic mass is 19.4. The van der Waals surface area contributed by atoms with E-state index in [2.05, 4.69) is 0 Å². The first-order valence-corrected chi connectivity index (χ1v) is 8.29. The van der Waals surface area contributed by atoms with Gasteiger partial charge in [-0.3, -0.25) is 0 Å². The van der Waals surface area contributed by atoms with Gasteiger partial charge in [-0.05, 0) is 43.5 Å². The summed E-state index contributed by atoms with van der Waals surface area (Å²) in [4.78, 5) is 11.3. The largest absolute Gasteiger partial charge is 0.475 e. The third-order valence-electron chi connectivity index (χ3n) is 4.25. The molecule has 2 N–H and O–H groups in total. The van der Waals surface area contributed by atoms with Gasteiger partial charge in [0.05, 0.1) is 5.56 Å². The van der Waals surface area contributed by atoms with E-state index in [-0.39, 0.29) is 24.9 Å². The summed E-state index contributed by atoms with van der Waals surface area (Å²) in [5.74, 6) is -2.40. The first-order valence-electron chi connectivity index (χ1n) is 8.29. The van der Waals surface area contributed by atoms with Crippen LogP contribution in [0.15, 0.2) is 36.1 Å². The number of alkyl halides is 3. The molecule has 1 aliphatic heterocycles. The number of ether oxygens (including phenoxy) is 2. The van der Waals surface area contributed by atoms with Crippen molar-refractivity contribution in [2.45, 2.75) is 38.1 Å². The van der Waals surface area contributed by atoms with Crippen molar-refractivity contribution in [3.8, 4) is 0 Å². The molecule has 1 aromatic carbocycles. The van der Waals surface area contributed by atoms with Crippen LogP contribution in [-0.4, -0.2) is 35.7 Å². The molecule has 2 rings (SSSR count). The Morgan fingerprint density at radius 2 is 1.92 bits per heavy atom. The summed E-state index contributed by atoms with van der Waals surface area (Å²) in [6.45, 7) is 1.95. The number of hydrogen-bond donors (Lipinski definition) is 2. The van der Waals surface area contributed by atoms with Crippen LogP contribution in [0.1, 0.15) is 36.8 Å². The number of aliphatic hydroxyl groups excluding tert-OH is 1. The van der Waals surface area contributed by atoms with Crippen molar-refractivity contribution in [3.63, 3.8) is 0 Å². The number of carboxylic acid groups (broad SMARTS) is 1. The van der Waals surface area contributed by atoms with Crippen LogP contribution >= 0.6 is 0 Å². The standard InChI is InChI=1S/C18H21F3O5/c1-2-25-17-13(4-3-9-22)14(10-15(26-17)16(23)24)11-5-7-12(8-6-11)18(19,20)21/h5-8,10,13-14,17,22H,2-4,9H2,1H3,(H,23,24)/t13-,14+,17+/m1/s1. The molecular weight excluding hydrogens is 353 g/mol. The van der Waals surface area contributed by atoms with Crippen molar-refractivity contribution in [3.05, 3.63) is 47.2 Å². The van der Waals surface area contributed by atoms with Gasteiger partial charge in [-0.2, -0.15) is 13.2 Å². The van der Waals surface area contributed by atoms with Crippen molar-refractivity contribution in [2.75, 3.05) is 13.2 Å². The Bertz CT molecular complexity index is 639. The minimum atomic E-state index is -4.44. The lowest BCUT2D eigenvalue weighted by atomic mass is 9.80. The first-order chi connectivity index (χ1) is 12.3. The van der Waals surface area contributed by atoms with E-state index in [0.717, 1.165) is 12.1 Å². The number of benzene rings is 1. The molecule has 26 heavy (non-hydrogen) atoms. The summed E-state index contributed by atoms with van der Waals surface area (Å²) in [5.41, 5.74) is -0.239. The number of allylic oxidation sites excluding steroid dienone is 1. The highest BCUT2D eigenvalue weighted by Crippen LogP contribution is 2.40. The lowest BCUT2D eigenvalue weighted by molar-refractivity contribution is -0.173. The molecule has 144 valence electrons. The minimum Gasteiger partial charge on any atom is -0.475 e. The minimum absolute atomic E-state index is 0.0649. The molecule has 0 spiro atoms. The van der Waals surface area contributed by atoms with Crippen molar-refractivity contribution >= 4 is 5.97 Å². The van der Waals surface area contributed by atoms with Crippen LogP contribution in [0.4, 0.5) is 13.2 Å². The Morgan fingerprint density at radius 1 is 1.27 bits per heavy atom. The number of aliphatic carboxylic acids is 1. The Labute approximate surface area is 149 Å². The third-order valence-corrected chi connectivity index (χ3v) is 4.25. The van der Waals surface area contributed by atoms with E-state index in [4.69, 9.17) is 14.6 Å². The van der Waals surface area contributed by atoms with E-state index in [1.807, 2.05) is 0 Å². The van der Waals surface area contributed by atoms with E-state index in [1.54, 1.807) is 6.92 Å². The molecule has 5 nitrogen and oxygen atoms in total. The number of carbonyl (C=O) groups is 1. The molecule has 0 saturated heterocycles. The fourth-order valence-electron chi connectivity index (χ4n) is 3.03. The highest BCUT2D eigenvalue weighted by Gasteiger charge is 2.38. The summed E-state index contributed by atoms with van der Waals surface area (Å²) in [6.07, 6.45) is -3.00. The van der Waals surface area contributed by atoms with Gasteiger partial charge in [0.25, 0.3) is 0 Å². The van der Waals surface area contributed by atoms with Crippen LogP contribution in [0.2, 0.25) is 0 Å². The van der Waals surface area contributed by atoms with Gasteiger partial charge in [0, 0.05) is 25.0 Å². The quantitative estimate of drug-likeness (QED) is 0.764. The van der Waals surface area contributed by atoms with E-state index in [1.165, 1.54) is 18.2 Å². The molecule has 0 aliphatic carbocycles. The zero-order chi connectivity index (χ0) is 19.3. The fraction of sp³-hybridized carbons (Fsp3) is 0.500. The van der Waals surface area contributed by atoms with Gasteiger partial charge in [-0.1, -0.05) is 12.1 Å². The maximum absolute atomic E-state index is 12.8. The third kappa shape index (κ3) is 4.76. The average molecular weight is 374 g/mol. The van der Waals surface area contributed by atoms with Crippen molar-refractivity contribution < 1.29 is 37.7 Å². The lowest BCUT2D eigenvalue weighted by Gasteiger charge is -2.36. The molecule has 0 bridgehead atoms. The van der Waals surface area contributed by atoms with E-state index < -0.39 is 29.9 Å². The van der Waals surface area contributed by atoms with Crippen molar-refractivity contribution in [2.24, 2.45) is 5.92 Å². The molecule has 0 fully saturated rings. The fourth-order valence-corrected chi connectivity index (χ4v) is 3.03. The Balaban J connectivity index is 2.40. The van der Waals surface area contributed by atoms with Crippen LogP contribution in [0.25, 0.3) is 0 Å². The van der Waals surface area contributed by atoms with Crippen LogP contribution in [0, 0.1) is 5.92 Å². The number of rotatable bonds is 7. The van der Waals surface area contributed by atoms with Gasteiger partial charge in [0.1, 0.15) is 0 Å². The molecule has 0 unspecified atom stereocenters. The smallest absolute Gasteiger partial charge is 0.416 e. The maximum Gasteiger partial charge on any atom is 0.416 e. The summed E-state index contributed by atoms with van der Waals surface area (Å²) in [5, 5.41) is 18.4. The monoisotopic (exact) mass is 374 g/mol. The van der Waals surface area contributed by atoms with Gasteiger partial charge in [-0.25, -0.2) is 4.79 Å². The number of halogens is 3. The molecule has 1 aromatic rings. The van der Waals surface area contributed by atoms with Gasteiger partial charge in [0.15, 0.2) is 0 Å². The number of aliphatic hydroxyl groups is 1. The molecule has 3 atom stereocenters. The molecule has 1 heterocycles. The second kappa shape index (κ2) is 8.55. The molecule has 0 amide bonds. The Hall–Kier alpha value is -2.06. The van der Waals surface area contributed by atoms with E-state index in [0.29, 0.717) is 18.4 Å². The van der Waals surface area contributed by atoms with Gasteiger partial charge >= 0.3 is 12.1 Å². The normalized spacial score (nSPS) is 23.3. The van der Waals surface area contributed by atoms with Crippen molar-refractivity contribution in [1.29, 1.82) is 0 Å². The summed E-state index contributed by atoms with van der Waals surface area (Å²) in [6, 6.07) is 4.61. The van der Waals surface area contributed by atoms with Gasteiger partial charge < -0.3 is 19.7 Å². The topological polar surface area (TPSA) is 76.0 Å². The van der Waals surface area contributed by atoms with E-state index >= 15 is 0 Å². The molecule has 0 aromatic heterocycles. The zero-order valence-electron chi connectivity index (χ0n) is 14.2. The molecular formula is C18H21F3O5. The predicted molar refractivity (Wildman–Crippen MR) is 86.2 cm³/mol. The molecule has 1 aliphatic rings. The SMILES string of the molecule is CCO[C@H]1OC(C(=O)O)=C[C@@H](c2ccc(C(F)(F)F)cc2)[C@H]1CCCO. The molecule has 0 saturated carbocycles. The van der Waals surface area contributed by atoms with Gasteiger partial charge in [-0.15, -0.1) is 0 Å². The second-order valence-electron chi connectivity index (χ2n) is 5.95. The molecule has 8 heteroatoms. The van der Waals surface area contributed by atoms with Crippen LogP contribution in [0.5, 0.6) is 0 Å². The summed E-state index contributed by atoms with van der Waals surface area (Å²) in [7, 11) is 0. The maximum atomic E-state index is 12.8. The summed E-state index contributed by atoms with van der Waals surface area (Å²) >= 11 is 0. The highest BCUT2D eigenvalue weighted by molar-refractivity contribution is 5.84. The summed E-state index contributed by atoms with van der Waals surface area (Å²) < 4.78 is 49.3. The zero-order valence-corrected chi connectivity index (χ0v) is 14.2. The number of hydrogen-bond acceptors (Lipinski definition) is 4. The predicted octanol–water partition coefficient (Wildman–Crippen LogP) is 3.54.